The summed E-state index contributed by atoms with van der Waals surface area (Å²) in [4.78, 5) is 31.7. The predicted molar refractivity (Wildman–Crippen MR) is 110 cm³/mol. The highest BCUT2D eigenvalue weighted by molar-refractivity contribution is 8.15. The second-order valence-corrected chi connectivity index (χ2v) is 7.95. The van der Waals surface area contributed by atoms with Gasteiger partial charge in [-0.2, -0.15) is 0 Å². The molecule has 2 aliphatic rings. The number of ether oxygens (including phenoxy) is 2. The number of aliphatic imine (C=N–C) groups is 1. The third-order valence-electron chi connectivity index (χ3n) is 4.89. The van der Waals surface area contributed by atoms with Crippen LogP contribution in [0.25, 0.3) is 0 Å². The average Bonchev–Trinajstić information content (AvgIpc) is 3.02. The van der Waals surface area contributed by atoms with E-state index in [1.807, 2.05) is 31.2 Å². The Morgan fingerprint density at radius 1 is 1.25 bits per heavy atom. The van der Waals surface area contributed by atoms with Crippen LogP contribution in [0.15, 0.2) is 40.5 Å². The summed E-state index contributed by atoms with van der Waals surface area (Å²) in [5, 5.41) is 0.470. The summed E-state index contributed by atoms with van der Waals surface area (Å²) in [6.45, 7) is 6.55. The number of rotatable bonds is 7. The highest BCUT2D eigenvalue weighted by Crippen LogP contribution is 2.44. The number of allylic oxidation sites excluding steroid dienone is 1. The van der Waals surface area contributed by atoms with Gasteiger partial charge in [0.2, 0.25) is 5.91 Å². The maximum atomic E-state index is 13.0. The maximum Gasteiger partial charge on any atom is 0.338 e. The molecule has 7 heteroatoms. The van der Waals surface area contributed by atoms with Crippen molar-refractivity contribution in [2.45, 2.75) is 51.3 Å². The molecular weight excluding hydrogens is 376 g/mol. The average molecular weight is 403 g/mol. The quantitative estimate of drug-likeness (QED) is 0.508. The lowest BCUT2D eigenvalue weighted by atomic mass is 9.94. The monoisotopic (exact) mass is 402 g/mol. The zero-order valence-electron chi connectivity index (χ0n) is 16.7. The zero-order valence-corrected chi connectivity index (χ0v) is 17.5. The topological polar surface area (TPSA) is 68.2 Å². The number of nitrogens with zero attached hydrogens (tertiary/aromatic N) is 2. The first-order chi connectivity index (χ1) is 13.5. The van der Waals surface area contributed by atoms with E-state index < -0.39 is 12.0 Å². The summed E-state index contributed by atoms with van der Waals surface area (Å²) >= 11 is 1.46. The van der Waals surface area contributed by atoms with Crippen LogP contribution < -0.4 is 4.74 Å². The normalized spacial score (nSPS) is 21.5. The van der Waals surface area contributed by atoms with Gasteiger partial charge in [-0.1, -0.05) is 44.2 Å². The minimum atomic E-state index is -0.541. The lowest BCUT2D eigenvalue weighted by molar-refractivity contribution is -0.137. The van der Waals surface area contributed by atoms with Crippen molar-refractivity contribution in [3.8, 4) is 5.75 Å². The van der Waals surface area contributed by atoms with Crippen LogP contribution in [0.2, 0.25) is 0 Å². The summed E-state index contributed by atoms with van der Waals surface area (Å²) in [5.74, 6) is 0.288. The molecule has 6 nitrogen and oxygen atoms in total. The van der Waals surface area contributed by atoms with E-state index in [1.165, 1.54) is 18.9 Å². The first-order valence-corrected chi connectivity index (χ1v) is 10.5. The fraction of sp³-hybridized carbons (Fsp3) is 0.476. The molecule has 1 amide bonds. The molecule has 3 rings (SSSR count). The van der Waals surface area contributed by atoms with Crippen molar-refractivity contribution in [2.75, 3.05) is 13.7 Å². The number of carbonyl (C=O) groups is 2. The van der Waals surface area contributed by atoms with Crippen LogP contribution in [0.1, 0.15) is 51.6 Å². The second-order valence-electron chi connectivity index (χ2n) is 6.78. The largest absolute Gasteiger partial charge is 0.494 e. The van der Waals surface area contributed by atoms with Gasteiger partial charge in [-0.05, 0) is 37.5 Å². The molecule has 0 aromatic heterocycles. The SMILES string of the molecule is CCCCOc1ccc(C2C(C(=O)OC)=C(C)N=C3SC(CC)C(=O)N32)cc1. The molecular formula is C21H26N2O4S. The molecule has 0 radical (unpaired) electrons. The Morgan fingerprint density at radius 2 is 1.96 bits per heavy atom. The van der Waals surface area contributed by atoms with Gasteiger partial charge in [-0.3, -0.25) is 9.69 Å². The molecule has 0 N–H and O–H groups in total. The summed E-state index contributed by atoms with van der Waals surface area (Å²) in [7, 11) is 1.35. The molecule has 28 heavy (non-hydrogen) atoms. The Kier molecular flexibility index (Phi) is 6.44. The molecule has 150 valence electrons. The number of esters is 1. The molecule has 2 heterocycles. The van der Waals surface area contributed by atoms with Crippen molar-refractivity contribution in [1.29, 1.82) is 0 Å². The van der Waals surface area contributed by atoms with Gasteiger partial charge in [-0.15, -0.1) is 0 Å². The number of unbranched alkanes of at least 4 members (excludes halogenated alkanes) is 1. The Bertz CT molecular complexity index is 816. The van der Waals surface area contributed by atoms with E-state index in [-0.39, 0.29) is 11.2 Å². The third-order valence-corrected chi connectivity index (χ3v) is 6.21. The van der Waals surface area contributed by atoms with Gasteiger partial charge in [0.05, 0.1) is 36.3 Å². The molecule has 0 aliphatic carbocycles. The molecule has 1 fully saturated rings. The molecule has 2 unspecified atom stereocenters. The van der Waals surface area contributed by atoms with Crippen LogP contribution in [0.5, 0.6) is 5.75 Å². The van der Waals surface area contributed by atoms with E-state index >= 15 is 0 Å². The minimum Gasteiger partial charge on any atom is -0.494 e. The maximum absolute atomic E-state index is 13.0. The number of thioether (sulfide) groups is 1. The number of fused-ring (bicyclic) bond motifs is 1. The van der Waals surface area contributed by atoms with Crippen LogP contribution in [0, 0.1) is 0 Å². The number of amidine groups is 1. The molecule has 1 saturated heterocycles. The van der Waals surface area contributed by atoms with Crippen molar-refractivity contribution in [3.63, 3.8) is 0 Å². The molecule has 0 spiro atoms. The van der Waals surface area contributed by atoms with E-state index in [4.69, 9.17) is 9.47 Å². The number of carbonyl (C=O) groups excluding carboxylic acids is 2. The molecule has 1 aromatic rings. The van der Waals surface area contributed by atoms with Crippen molar-refractivity contribution in [3.05, 3.63) is 41.1 Å². The van der Waals surface area contributed by atoms with E-state index in [0.29, 0.717) is 29.5 Å². The summed E-state index contributed by atoms with van der Waals surface area (Å²) in [5.41, 5.74) is 1.82. The molecule has 0 bridgehead atoms. The first-order valence-electron chi connectivity index (χ1n) is 9.62. The number of hydrogen-bond acceptors (Lipinski definition) is 6. The van der Waals surface area contributed by atoms with E-state index in [9.17, 15) is 9.59 Å². The Balaban J connectivity index is 1.98. The van der Waals surface area contributed by atoms with E-state index in [0.717, 1.165) is 24.2 Å². The third kappa shape index (κ3) is 3.81. The van der Waals surface area contributed by atoms with Crippen LogP contribution in [-0.2, 0) is 14.3 Å². The lowest BCUT2D eigenvalue weighted by Gasteiger charge is -2.32. The molecule has 2 aliphatic heterocycles. The number of hydrogen-bond donors (Lipinski definition) is 0. The molecule has 0 saturated carbocycles. The highest BCUT2D eigenvalue weighted by atomic mass is 32.2. The van der Waals surface area contributed by atoms with E-state index in [1.54, 1.807) is 11.8 Å². The van der Waals surface area contributed by atoms with Gasteiger partial charge >= 0.3 is 5.97 Å². The highest BCUT2D eigenvalue weighted by Gasteiger charge is 2.47. The first kappa shape index (κ1) is 20.5. The fourth-order valence-electron chi connectivity index (χ4n) is 3.36. The lowest BCUT2D eigenvalue weighted by Crippen LogP contribution is -2.40. The van der Waals surface area contributed by atoms with Crippen LogP contribution >= 0.6 is 11.8 Å². The smallest absolute Gasteiger partial charge is 0.338 e. The Labute approximate surface area is 170 Å². The van der Waals surface area contributed by atoms with Crippen molar-refractivity contribution < 1.29 is 19.1 Å². The number of benzene rings is 1. The van der Waals surface area contributed by atoms with Gasteiger partial charge in [0.15, 0.2) is 5.17 Å². The fourth-order valence-corrected chi connectivity index (χ4v) is 4.49. The predicted octanol–water partition coefficient (Wildman–Crippen LogP) is 4.08. The summed E-state index contributed by atoms with van der Waals surface area (Å²) in [6, 6.07) is 7.03. The Morgan fingerprint density at radius 3 is 2.57 bits per heavy atom. The number of methoxy groups -OCH3 is 1. The standard InChI is InChI=1S/C21H26N2O4S/c1-5-7-12-27-15-10-8-14(9-11-15)18-17(20(25)26-4)13(3)22-21-23(18)19(24)16(6-2)28-21/h8-11,16,18H,5-7,12H2,1-4H3. The van der Waals surface area contributed by atoms with Crippen molar-refractivity contribution in [1.82, 2.24) is 4.90 Å². The van der Waals surface area contributed by atoms with E-state index in [2.05, 4.69) is 11.9 Å². The van der Waals surface area contributed by atoms with Gasteiger partial charge < -0.3 is 9.47 Å². The number of amides is 1. The minimum absolute atomic E-state index is 0.0200. The van der Waals surface area contributed by atoms with Crippen LogP contribution in [0.3, 0.4) is 0 Å². The molecule has 2 atom stereocenters. The summed E-state index contributed by atoms with van der Waals surface area (Å²) < 4.78 is 10.7. The van der Waals surface area contributed by atoms with Crippen molar-refractivity contribution in [2.24, 2.45) is 4.99 Å². The van der Waals surface area contributed by atoms with Crippen LogP contribution in [0.4, 0.5) is 0 Å². The van der Waals surface area contributed by atoms with Gasteiger partial charge in [0.1, 0.15) is 5.75 Å². The second kappa shape index (κ2) is 8.82. The van der Waals surface area contributed by atoms with Crippen LogP contribution in [-0.4, -0.2) is 40.9 Å². The van der Waals surface area contributed by atoms with Crippen molar-refractivity contribution >= 4 is 28.8 Å². The van der Waals surface area contributed by atoms with Gasteiger partial charge in [0.25, 0.3) is 0 Å². The Hall–Kier alpha value is -2.28. The van der Waals surface area contributed by atoms with Gasteiger partial charge in [0, 0.05) is 0 Å². The molecule has 1 aromatic carbocycles. The zero-order chi connectivity index (χ0) is 20.3. The summed E-state index contributed by atoms with van der Waals surface area (Å²) in [6.07, 6.45) is 2.78. The van der Waals surface area contributed by atoms with Gasteiger partial charge in [-0.25, -0.2) is 9.79 Å².